The second-order valence-electron chi connectivity index (χ2n) is 6.63. The molecule has 1 aromatic heterocycles. The molecule has 3 aromatic rings. The quantitative estimate of drug-likeness (QED) is 0.367. The van der Waals surface area contributed by atoms with Crippen LogP contribution in [0.5, 0.6) is 0 Å². The highest BCUT2D eigenvalue weighted by Gasteiger charge is 2.11. The lowest BCUT2D eigenvalue weighted by Crippen LogP contribution is -2.17. The van der Waals surface area contributed by atoms with Crippen molar-refractivity contribution in [2.45, 2.75) is 37.0 Å². The van der Waals surface area contributed by atoms with Gasteiger partial charge in [0.25, 0.3) is 5.89 Å². The van der Waals surface area contributed by atoms with Gasteiger partial charge in [0.2, 0.25) is 5.82 Å². The zero-order chi connectivity index (χ0) is 19.9. The third-order valence-electron chi connectivity index (χ3n) is 3.96. The summed E-state index contributed by atoms with van der Waals surface area (Å²) < 4.78 is 5.42. The maximum Gasteiger partial charge on any atom is 0.304 e. The fourth-order valence-electron chi connectivity index (χ4n) is 2.61. The summed E-state index contributed by atoms with van der Waals surface area (Å²) in [5, 5.41) is 16.4. The van der Waals surface area contributed by atoms with E-state index in [2.05, 4.69) is 41.4 Å². The predicted octanol–water partition coefficient (Wildman–Crippen LogP) is 4.89. The molecule has 6 nitrogen and oxygen atoms in total. The minimum Gasteiger partial charge on any atom is -0.481 e. The third-order valence-corrected chi connectivity index (χ3v) is 4.97. The molecule has 0 saturated heterocycles. The summed E-state index contributed by atoms with van der Waals surface area (Å²) in [6.45, 7) is 5.39. The normalized spacial score (nSPS) is 10.7. The molecule has 154 valence electrons. The average Bonchev–Trinajstić information content (AvgIpc) is 3.16. The first-order valence-corrected chi connectivity index (χ1v) is 10.0. The van der Waals surface area contributed by atoms with Gasteiger partial charge in [-0.1, -0.05) is 43.3 Å². The van der Waals surface area contributed by atoms with E-state index < -0.39 is 5.97 Å². The molecule has 29 heavy (non-hydrogen) atoms. The van der Waals surface area contributed by atoms with E-state index in [0.717, 1.165) is 16.7 Å². The fourth-order valence-corrected chi connectivity index (χ4v) is 3.44. The molecule has 0 spiro atoms. The summed E-state index contributed by atoms with van der Waals surface area (Å²) in [5.41, 5.74) is 2.83. The number of carbonyl (C=O) groups is 1. The van der Waals surface area contributed by atoms with Crippen LogP contribution in [0.2, 0.25) is 0 Å². The number of hydrogen-bond acceptors (Lipinski definition) is 6. The fraction of sp³-hybridized carbons (Fsp3) is 0.286. The molecule has 0 unspecified atom stereocenters. The van der Waals surface area contributed by atoms with Crippen molar-refractivity contribution >= 4 is 30.1 Å². The summed E-state index contributed by atoms with van der Waals surface area (Å²) in [5.74, 6) is 0.237. The molecule has 0 aliphatic carbocycles. The molecule has 0 aliphatic heterocycles. The topological polar surface area (TPSA) is 88.2 Å². The lowest BCUT2D eigenvalue weighted by atomic mass is 10.1. The van der Waals surface area contributed by atoms with Gasteiger partial charge in [-0.15, -0.1) is 24.2 Å². The monoisotopic (exact) mass is 433 g/mol. The maximum atomic E-state index is 10.5. The number of carboxylic acids is 1. The molecule has 0 atom stereocenters. The van der Waals surface area contributed by atoms with Gasteiger partial charge in [-0.2, -0.15) is 4.98 Å². The molecule has 0 fully saturated rings. The van der Waals surface area contributed by atoms with Crippen LogP contribution in [0.3, 0.4) is 0 Å². The highest BCUT2D eigenvalue weighted by Crippen LogP contribution is 2.27. The number of halogens is 1. The van der Waals surface area contributed by atoms with Gasteiger partial charge in [0.1, 0.15) is 0 Å². The molecule has 0 radical (unpaired) electrons. The van der Waals surface area contributed by atoms with Crippen LogP contribution in [0.4, 0.5) is 0 Å². The van der Waals surface area contributed by atoms with E-state index >= 15 is 0 Å². The zero-order valence-electron chi connectivity index (χ0n) is 16.3. The minimum atomic E-state index is -0.802. The largest absolute Gasteiger partial charge is 0.481 e. The summed E-state index contributed by atoms with van der Waals surface area (Å²) in [6, 6.07) is 15.9. The summed E-state index contributed by atoms with van der Waals surface area (Å²) in [7, 11) is 0. The van der Waals surface area contributed by atoms with Gasteiger partial charge in [0.15, 0.2) is 0 Å². The molecule has 0 bridgehead atoms. The SMILES string of the molecule is CC(C)Sc1ccc(-c2nc(-c3ccc(CNCCC(=O)O)cc3)no2)cc1.Cl. The smallest absolute Gasteiger partial charge is 0.304 e. The highest BCUT2D eigenvalue weighted by molar-refractivity contribution is 7.99. The first-order valence-electron chi connectivity index (χ1n) is 9.14. The Bertz CT molecular complexity index is 912. The Morgan fingerprint density at radius 3 is 2.38 bits per heavy atom. The van der Waals surface area contributed by atoms with Crippen LogP contribution in [0, 0.1) is 0 Å². The first-order chi connectivity index (χ1) is 13.5. The van der Waals surface area contributed by atoms with Gasteiger partial charge >= 0.3 is 5.97 Å². The van der Waals surface area contributed by atoms with Crippen molar-refractivity contribution in [3.8, 4) is 22.8 Å². The Hall–Kier alpha value is -2.35. The number of rotatable bonds is 9. The summed E-state index contributed by atoms with van der Waals surface area (Å²) in [4.78, 5) is 16.2. The number of hydrogen-bond donors (Lipinski definition) is 2. The molecular weight excluding hydrogens is 410 g/mol. The van der Waals surface area contributed by atoms with E-state index in [1.807, 2.05) is 48.2 Å². The molecule has 0 aliphatic rings. The van der Waals surface area contributed by atoms with Crippen molar-refractivity contribution in [3.05, 3.63) is 54.1 Å². The van der Waals surface area contributed by atoms with Crippen LogP contribution in [0.15, 0.2) is 57.9 Å². The van der Waals surface area contributed by atoms with Crippen LogP contribution in [-0.4, -0.2) is 33.0 Å². The van der Waals surface area contributed by atoms with Crippen molar-refractivity contribution in [1.82, 2.24) is 15.5 Å². The predicted molar refractivity (Wildman–Crippen MR) is 117 cm³/mol. The van der Waals surface area contributed by atoms with E-state index in [1.54, 1.807) is 0 Å². The van der Waals surface area contributed by atoms with Crippen LogP contribution >= 0.6 is 24.2 Å². The second kappa shape index (κ2) is 11.0. The van der Waals surface area contributed by atoms with Crippen molar-refractivity contribution < 1.29 is 14.4 Å². The zero-order valence-corrected chi connectivity index (χ0v) is 17.9. The third kappa shape index (κ3) is 6.88. The second-order valence-corrected chi connectivity index (χ2v) is 8.28. The number of nitrogens with one attached hydrogen (secondary N) is 1. The van der Waals surface area contributed by atoms with Gasteiger partial charge in [0.05, 0.1) is 6.42 Å². The Labute approximate surface area is 180 Å². The van der Waals surface area contributed by atoms with Crippen molar-refractivity contribution in [2.75, 3.05) is 6.54 Å². The number of thioether (sulfide) groups is 1. The number of nitrogens with zero attached hydrogens (tertiary/aromatic N) is 2. The van der Waals surface area contributed by atoms with Crippen molar-refractivity contribution in [2.24, 2.45) is 0 Å². The molecule has 1 heterocycles. The summed E-state index contributed by atoms with van der Waals surface area (Å²) >= 11 is 1.81. The standard InChI is InChI=1S/C21H23N3O3S.ClH/c1-14(2)28-18-9-7-17(8-10-18)21-23-20(24-27-21)16-5-3-15(4-6-16)13-22-12-11-19(25)26;/h3-10,14,22H,11-13H2,1-2H3,(H,25,26);1H. The van der Waals surface area contributed by atoms with Crippen LogP contribution in [-0.2, 0) is 11.3 Å². The molecule has 2 aromatic carbocycles. The van der Waals surface area contributed by atoms with E-state index in [9.17, 15) is 4.79 Å². The molecule has 2 N–H and O–H groups in total. The Balaban J connectivity index is 0.00000300. The molecule has 8 heteroatoms. The Kier molecular flexibility index (Phi) is 8.70. The van der Waals surface area contributed by atoms with E-state index in [1.165, 1.54) is 4.90 Å². The van der Waals surface area contributed by atoms with Crippen molar-refractivity contribution in [1.29, 1.82) is 0 Å². The number of benzene rings is 2. The molecule has 0 saturated carbocycles. The summed E-state index contributed by atoms with van der Waals surface area (Å²) in [6.07, 6.45) is 0.112. The van der Waals surface area contributed by atoms with Gasteiger partial charge in [0, 0.05) is 34.4 Å². The maximum absolute atomic E-state index is 10.5. The highest BCUT2D eigenvalue weighted by atomic mass is 35.5. The minimum absolute atomic E-state index is 0. The van der Waals surface area contributed by atoms with Crippen LogP contribution in [0.1, 0.15) is 25.8 Å². The lowest BCUT2D eigenvalue weighted by molar-refractivity contribution is -0.136. The van der Waals surface area contributed by atoms with E-state index in [4.69, 9.17) is 9.63 Å². The van der Waals surface area contributed by atoms with Crippen molar-refractivity contribution in [3.63, 3.8) is 0 Å². The van der Waals surface area contributed by atoms with Crippen LogP contribution in [0.25, 0.3) is 22.8 Å². The van der Waals surface area contributed by atoms with Gasteiger partial charge in [-0.05, 0) is 29.8 Å². The molecular formula is C21H24ClN3O3S. The number of aromatic nitrogens is 2. The Morgan fingerprint density at radius 2 is 1.76 bits per heavy atom. The molecule has 0 amide bonds. The number of aliphatic carboxylic acids is 1. The van der Waals surface area contributed by atoms with Crippen LogP contribution < -0.4 is 5.32 Å². The number of carboxylic acid groups (broad SMARTS) is 1. The van der Waals surface area contributed by atoms with Gasteiger partial charge in [-0.3, -0.25) is 4.79 Å². The average molecular weight is 434 g/mol. The van der Waals surface area contributed by atoms with E-state index in [-0.39, 0.29) is 18.8 Å². The van der Waals surface area contributed by atoms with E-state index in [0.29, 0.717) is 30.1 Å². The first kappa shape index (κ1) is 22.9. The van der Waals surface area contributed by atoms with Gasteiger partial charge < -0.3 is 14.9 Å². The lowest BCUT2D eigenvalue weighted by Gasteiger charge is -2.04. The Morgan fingerprint density at radius 1 is 1.10 bits per heavy atom. The molecule has 3 rings (SSSR count). The van der Waals surface area contributed by atoms with Gasteiger partial charge in [-0.25, -0.2) is 0 Å².